The lowest BCUT2D eigenvalue weighted by molar-refractivity contribution is -0.133. The number of carbonyl (C=O) groups is 2. The van der Waals surface area contributed by atoms with E-state index in [-0.39, 0.29) is 17.6 Å². The van der Waals surface area contributed by atoms with Crippen molar-refractivity contribution in [3.05, 3.63) is 29.8 Å². The molecular weight excluding hydrogens is 272 g/mol. The van der Waals surface area contributed by atoms with Crippen LogP contribution in [0.5, 0.6) is 5.75 Å². The first-order valence-electron chi connectivity index (χ1n) is 6.97. The Hall–Kier alpha value is -2.08. The van der Waals surface area contributed by atoms with Crippen LogP contribution in [0.25, 0.3) is 0 Å². The summed E-state index contributed by atoms with van der Waals surface area (Å²) < 4.78 is 4.90. The fraction of sp³-hybridized carbons (Fsp3) is 0.467. The number of nitrogens with zero attached hydrogens (tertiary/aromatic N) is 2. The lowest BCUT2D eigenvalue weighted by Gasteiger charge is -2.34. The molecule has 0 unspecified atom stereocenters. The molecule has 2 amide bonds. The second kappa shape index (κ2) is 7.08. The van der Waals surface area contributed by atoms with Gasteiger partial charge in [0.2, 0.25) is 5.91 Å². The summed E-state index contributed by atoms with van der Waals surface area (Å²) in [5, 5.41) is 9.42. The highest BCUT2D eigenvalue weighted by Gasteiger charge is 2.24. The molecule has 21 heavy (non-hydrogen) atoms. The quantitative estimate of drug-likeness (QED) is 0.887. The Morgan fingerprint density at radius 3 is 2.48 bits per heavy atom. The summed E-state index contributed by atoms with van der Waals surface area (Å²) >= 11 is 0. The van der Waals surface area contributed by atoms with Crippen molar-refractivity contribution in [3.63, 3.8) is 0 Å². The first-order valence-corrected chi connectivity index (χ1v) is 6.97. The Morgan fingerprint density at radius 1 is 1.19 bits per heavy atom. The maximum absolute atomic E-state index is 12.3. The standard InChI is InChI=1S/C15H20N2O4/c1-21-10-5-14(19)16-6-8-17(9-7-16)15(20)12-3-2-4-13(18)11-12/h2-4,11,18H,5-10H2,1H3. The van der Waals surface area contributed by atoms with Gasteiger partial charge in [-0.1, -0.05) is 6.07 Å². The van der Waals surface area contributed by atoms with Crippen molar-refractivity contribution in [3.8, 4) is 5.75 Å². The topological polar surface area (TPSA) is 70.1 Å². The summed E-state index contributed by atoms with van der Waals surface area (Å²) in [5.74, 6) is 0.0189. The van der Waals surface area contributed by atoms with E-state index in [0.717, 1.165) is 0 Å². The minimum atomic E-state index is -0.116. The number of ether oxygens (including phenoxy) is 1. The van der Waals surface area contributed by atoms with Gasteiger partial charge in [0.15, 0.2) is 0 Å². The predicted molar refractivity (Wildman–Crippen MR) is 77.1 cm³/mol. The van der Waals surface area contributed by atoms with E-state index < -0.39 is 0 Å². The highest BCUT2D eigenvalue weighted by atomic mass is 16.5. The average Bonchev–Trinajstić information content (AvgIpc) is 2.52. The first-order chi connectivity index (χ1) is 10.1. The molecule has 1 N–H and O–H groups in total. The van der Waals surface area contributed by atoms with Gasteiger partial charge in [-0.15, -0.1) is 0 Å². The van der Waals surface area contributed by atoms with Crippen LogP contribution in [-0.4, -0.2) is 66.6 Å². The first kappa shape index (κ1) is 15.3. The van der Waals surface area contributed by atoms with Crippen molar-refractivity contribution >= 4 is 11.8 Å². The number of methoxy groups -OCH3 is 1. The number of amides is 2. The lowest BCUT2D eigenvalue weighted by atomic mass is 10.1. The minimum absolute atomic E-state index is 0.0568. The Bertz CT molecular complexity index is 510. The van der Waals surface area contributed by atoms with Crippen LogP contribution in [0.2, 0.25) is 0 Å². The van der Waals surface area contributed by atoms with Crippen LogP contribution in [0.4, 0.5) is 0 Å². The Balaban J connectivity index is 1.89. The van der Waals surface area contributed by atoms with Crippen molar-refractivity contribution < 1.29 is 19.4 Å². The third-order valence-corrected chi connectivity index (χ3v) is 3.53. The number of hydrogen-bond acceptors (Lipinski definition) is 4. The molecule has 2 rings (SSSR count). The molecule has 0 spiro atoms. The van der Waals surface area contributed by atoms with Crippen molar-refractivity contribution in [2.24, 2.45) is 0 Å². The van der Waals surface area contributed by atoms with Gasteiger partial charge in [0, 0.05) is 38.9 Å². The van der Waals surface area contributed by atoms with E-state index in [9.17, 15) is 14.7 Å². The molecule has 1 heterocycles. The maximum Gasteiger partial charge on any atom is 0.254 e. The van der Waals surface area contributed by atoms with Crippen LogP contribution in [0.3, 0.4) is 0 Å². The molecule has 6 nitrogen and oxygen atoms in total. The minimum Gasteiger partial charge on any atom is -0.508 e. The molecule has 1 aliphatic heterocycles. The summed E-state index contributed by atoms with van der Waals surface area (Å²) in [4.78, 5) is 27.6. The molecule has 1 aliphatic rings. The van der Waals surface area contributed by atoms with Gasteiger partial charge in [0.1, 0.15) is 5.75 Å². The number of hydrogen-bond donors (Lipinski definition) is 1. The van der Waals surface area contributed by atoms with Gasteiger partial charge in [0.05, 0.1) is 13.0 Å². The zero-order valence-electron chi connectivity index (χ0n) is 12.1. The van der Waals surface area contributed by atoms with Crippen LogP contribution < -0.4 is 0 Å². The second-order valence-corrected chi connectivity index (χ2v) is 4.97. The smallest absolute Gasteiger partial charge is 0.254 e. The zero-order chi connectivity index (χ0) is 15.2. The van der Waals surface area contributed by atoms with Crippen molar-refractivity contribution in [2.45, 2.75) is 6.42 Å². The van der Waals surface area contributed by atoms with Gasteiger partial charge < -0.3 is 19.6 Å². The highest BCUT2D eigenvalue weighted by molar-refractivity contribution is 5.94. The van der Waals surface area contributed by atoms with E-state index in [0.29, 0.717) is 44.8 Å². The van der Waals surface area contributed by atoms with Crippen LogP contribution in [-0.2, 0) is 9.53 Å². The average molecular weight is 292 g/mol. The van der Waals surface area contributed by atoms with E-state index in [2.05, 4.69) is 0 Å². The number of phenolic OH excluding ortho intramolecular Hbond substituents is 1. The Morgan fingerprint density at radius 2 is 1.86 bits per heavy atom. The van der Waals surface area contributed by atoms with Gasteiger partial charge in [-0.05, 0) is 18.2 Å². The van der Waals surface area contributed by atoms with E-state index >= 15 is 0 Å². The molecule has 1 aromatic rings. The van der Waals surface area contributed by atoms with Crippen molar-refractivity contribution in [1.29, 1.82) is 0 Å². The zero-order valence-corrected chi connectivity index (χ0v) is 12.1. The molecule has 0 atom stereocenters. The molecule has 6 heteroatoms. The molecule has 0 radical (unpaired) electrons. The van der Waals surface area contributed by atoms with E-state index in [1.165, 1.54) is 12.1 Å². The molecular formula is C15H20N2O4. The lowest BCUT2D eigenvalue weighted by Crippen LogP contribution is -2.50. The number of carbonyl (C=O) groups excluding carboxylic acids is 2. The fourth-order valence-electron chi connectivity index (χ4n) is 2.33. The molecule has 1 aromatic carbocycles. The normalized spacial score (nSPS) is 15.1. The number of benzene rings is 1. The van der Waals surface area contributed by atoms with Crippen LogP contribution in [0, 0.1) is 0 Å². The van der Waals surface area contributed by atoms with Gasteiger partial charge in [-0.25, -0.2) is 0 Å². The summed E-state index contributed by atoms with van der Waals surface area (Å²) in [6.45, 7) is 2.50. The molecule has 1 fully saturated rings. The van der Waals surface area contributed by atoms with E-state index in [1.54, 1.807) is 29.0 Å². The monoisotopic (exact) mass is 292 g/mol. The number of phenols is 1. The summed E-state index contributed by atoms with van der Waals surface area (Å²) in [6, 6.07) is 6.31. The maximum atomic E-state index is 12.3. The van der Waals surface area contributed by atoms with Gasteiger partial charge in [-0.3, -0.25) is 9.59 Å². The van der Waals surface area contributed by atoms with E-state index in [4.69, 9.17) is 4.74 Å². The third-order valence-electron chi connectivity index (χ3n) is 3.53. The molecule has 0 aromatic heterocycles. The van der Waals surface area contributed by atoms with Crippen molar-refractivity contribution in [1.82, 2.24) is 9.80 Å². The molecule has 0 aliphatic carbocycles. The second-order valence-electron chi connectivity index (χ2n) is 4.97. The number of rotatable bonds is 4. The number of aromatic hydroxyl groups is 1. The molecule has 0 bridgehead atoms. The summed E-state index contributed by atoms with van der Waals surface area (Å²) in [5.41, 5.74) is 0.467. The van der Waals surface area contributed by atoms with Crippen molar-refractivity contribution in [2.75, 3.05) is 39.9 Å². The van der Waals surface area contributed by atoms with Gasteiger partial charge in [-0.2, -0.15) is 0 Å². The van der Waals surface area contributed by atoms with Gasteiger partial charge in [0.25, 0.3) is 5.91 Å². The van der Waals surface area contributed by atoms with E-state index in [1.807, 2.05) is 0 Å². The summed E-state index contributed by atoms with van der Waals surface area (Å²) in [6.07, 6.45) is 0.372. The summed E-state index contributed by atoms with van der Waals surface area (Å²) in [7, 11) is 1.57. The predicted octanol–water partition coefficient (Wildman–Crippen LogP) is 0.713. The Labute approximate surface area is 123 Å². The van der Waals surface area contributed by atoms with Gasteiger partial charge >= 0.3 is 0 Å². The van der Waals surface area contributed by atoms with Crippen LogP contribution in [0.1, 0.15) is 16.8 Å². The molecule has 0 saturated carbocycles. The SMILES string of the molecule is COCCC(=O)N1CCN(C(=O)c2cccc(O)c2)CC1. The number of piperazine rings is 1. The molecule has 1 saturated heterocycles. The Kier molecular flexibility index (Phi) is 5.16. The largest absolute Gasteiger partial charge is 0.508 e. The third kappa shape index (κ3) is 3.95. The molecule has 114 valence electrons. The van der Waals surface area contributed by atoms with Crippen LogP contribution >= 0.6 is 0 Å². The fourth-order valence-corrected chi connectivity index (χ4v) is 2.33. The van der Waals surface area contributed by atoms with Crippen LogP contribution in [0.15, 0.2) is 24.3 Å². The highest BCUT2D eigenvalue weighted by Crippen LogP contribution is 2.14.